The van der Waals surface area contributed by atoms with Gasteiger partial charge in [-0.05, 0) is 61.7 Å². The minimum atomic E-state index is 0.243. The maximum absolute atomic E-state index is 6.10. The lowest BCUT2D eigenvalue weighted by molar-refractivity contribution is 0.591. The molecule has 1 N–H and O–H groups in total. The molecule has 0 saturated heterocycles. The molecule has 0 bridgehead atoms. The number of rotatable bonds is 4. The zero-order chi connectivity index (χ0) is 15.6. The van der Waals surface area contributed by atoms with Crippen LogP contribution in [-0.4, -0.2) is 7.05 Å². The summed E-state index contributed by atoms with van der Waals surface area (Å²) in [5, 5.41) is 4.58. The van der Waals surface area contributed by atoms with E-state index in [1.54, 1.807) is 0 Å². The standard InChI is InChI=1S/C17H18BrCl2N/c1-10-6-13(7-11(2)17(10)18)16(21-3)9-12-4-5-14(19)15(20)8-12/h4-8,16,21H,9H2,1-3H3. The molecule has 0 heterocycles. The van der Waals surface area contributed by atoms with Crippen LogP contribution in [0, 0.1) is 13.8 Å². The minimum absolute atomic E-state index is 0.243. The molecular formula is C17H18BrCl2N. The third kappa shape index (κ3) is 4.01. The van der Waals surface area contributed by atoms with Crippen LogP contribution in [0.4, 0.5) is 0 Å². The molecule has 0 aromatic heterocycles. The SMILES string of the molecule is CNC(Cc1ccc(Cl)c(Cl)c1)c1cc(C)c(Br)c(C)c1. The quantitative estimate of drug-likeness (QED) is 0.692. The Balaban J connectivity index is 2.29. The summed E-state index contributed by atoms with van der Waals surface area (Å²) in [7, 11) is 1.98. The molecule has 1 unspecified atom stereocenters. The predicted octanol–water partition coefficient (Wildman–Crippen LogP) is 5.88. The van der Waals surface area contributed by atoms with Gasteiger partial charge in [-0.3, -0.25) is 0 Å². The summed E-state index contributed by atoms with van der Waals surface area (Å²) in [6.07, 6.45) is 0.869. The lowest BCUT2D eigenvalue weighted by Crippen LogP contribution is -2.19. The van der Waals surface area contributed by atoms with Crippen molar-refractivity contribution in [1.29, 1.82) is 0 Å². The van der Waals surface area contributed by atoms with Crippen molar-refractivity contribution in [2.45, 2.75) is 26.3 Å². The molecule has 4 heteroatoms. The molecule has 2 rings (SSSR count). The molecule has 0 aliphatic rings. The number of benzene rings is 2. The van der Waals surface area contributed by atoms with E-state index < -0.39 is 0 Å². The molecule has 0 spiro atoms. The minimum Gasteiger partial charge on any atom is -0.313 e. The van der Waals surface area contributed by atoms with Crippen molar-refractivity contribution in [2.24, 2.45) is 0 Å². The van der Waals surface area contributed by atoms with Crippen molar-refractivity contribution in [3.05, 3.63) is 67.1 Å². The van der Waals surface area contributed by atoms with Gasteiger partial charge in [0.15, 0.2) is 0 Å². The first-order valence-electron chi connectivity index (χ1n) is 6.80. The van der Waals surface area contributed by atoms with E-state index in [0.29, 0.717) is 10.0 Å². The topological polar surface area (TPSA) is 12.0 Å². The average molecular weight is 387 g/mol. The zero-order valence-electron chi connectivity index (χ0n) is 12.3. The summed E-state index contributed by atoms with van der Waals surface area (Å²) in [5.41, 5.74) is 4.95. The number of hydrogen-bond acceptors (Lipinski definition) is 1. The molecule has 21 heavy (non-hydrogen) atoms. The third-order valence-electron chi connectivity index (χ3n) is 3.63. The van der Waals surface area contributed by atoms with E-state index in [1.165, 1.54) is 26.7 Å². The maximum atomic E-state index is 6.10. The van der Waals surface area contributed by atoms with E-state index >= 15 is 0 Å². The van der Waals surface area contributed by atoms with Crippen LogP contribution in [0.2, 0.25) is 10.0 Å². The van der Waals surface area contributed by atoms with Crippen molar-refractivity contribution in [3.63, 3.8) is 0 Å². The monoisotopic (exact) mass is 385 g/mol. The highest BCUT2D eigenvalue weighted by molar-refractivity contribution is 9.10. The number of aryl methyl sites for hydroxylation is 2. The Hall–Kier alpha value is -0.540. The van der Waals surface area contributed by atoms with E-state index in [1.807, 2.05) is 25.2 Å². The van der Waals surface area contributed by atoms with E-state index in [0.717, 1.165) is 6.42 Å². The van der Waals surface area contributed by atoms with Crippen LogP contribution in [0.15, 0.2) is 34.8 Å². The third-order valence-corrected chi connectivity index (χ3v) is 5.62. The number of likely N-dealkylation sites (N-methyl/N-ethyl adjacent to an activating group) is 1. The summed E-state index contributed by atoms with van der Waals surface area (Å²) in [6.45, 7) is 4.24. The van der Waals surface area contributed by atoms with Crippen molar-refractivity contribution in [1.82, 2.24) is 5.32 Å². The fourth-order valence-corrected chi connectivity index (χ4v) is 3.02. The molecule has 0 amide bonds. The van der Waals surface area contributed by atoms with Crippen LogP contribution in [-0.2, 0) is 6.42 Å². The lowest BCUT2D eigenvalue weighted by Gasteiger charge is -2.19. The lowest BCUT2D eigenvalue weighted by atomic mass is 9.96. The summed E-state index contributed by atoms with van der Waals surface area (Å²) < 4.78 is 1.18. The Morgan fingerprint density at radius 3 is 2.19 bits per heavy atom. The van der Waals surface area contributed by atoms with Gasteiger partial charge in [-0.25, -0.2) is 0 Å². The second-order valence-electron chi connectivity index (χ2n) is 5.26. The summed E-state index contributed by atoms with van der Waals surface area (Å²) in [4.78, 5) is 0. The molecule has 2 aromatic rings. The summed E-state index contributed by atoms with van der Waals surface area (Å²) in [5.74, 6) is 0. The van der Waals surface area contributed by atoms with Gasteiger partial charge in [-0.2, -0.15) is 0 Å². The largest absolute Gasteiger partial charge is 0.313 e. The van der Waals surface area contributed by atoms with Gasteiger partial charge in [0, 0.05) is 10.5 Å². The van der Waals surface area contributed by atoms with Gasteiger partial charge in [0.25, 0.3) is 0 Å². The molecule has 1 nitrogen and oxygen atoms in total. The fraction of sp³-hybridized carbons (Fsp3) is 0.294. The van der Waals surface area contributed by atoms with Crippen LogP contribution < -0.4 is 5.32 Å². The first-order valence-corrected chi connectivity index (χ1v) is 8.35. The van der Waals surface area contributed by atoms with Gasteiger partial charge < -0.3 is 5.32 Å². The molecule has 0 fully saturated rings. The number of halogens is 3. The van der Waals surface area contributed by atoms with Crippen LogP contribution in [0.25, 0.3) is 0 Å². The van der Waals surface area contributed by atoms with Gasteiger partial charge in [-0.15, -0.1) is 0 Å². The molecule has 0 radical (unpaired) electrons. The fourth-order valence-electron chi connectivity index (χ4n) is 2.47. The molecule has 0 aliphatic carbocycles. The highest BCUT2D eigenvalue weighted by Crippen LogP contribution is 2.29. The maximum Gasteiger partial charge on any atom is 0.0595 e. The number of nitrogens with one attached hydrogen (secondary N) is 1. The Labute approximate surface area is 144 Å². The van der Waals surface area contributed by atoms with E-state index in [4.69, 9.17) is 23.2 Å². The van der Waals surface area contributed by atoms with Crippen LogP contribution in [0.1, 0.15) is 28.3 Å². The Morgan fingerprint density at radius 1 is 1.05 bits per heavy atom. The van der Waals surface area contributed by atoms with Gasteiger partial charge in [-0.1, -0.05) is 57.3 Å². The Bertz CT molecular complexity index is 632. The predicted molar refractivity (Wildman–Crippen MR) is 95.6 cm³/mol. The molecule has 112 valence electrons. The molecule has 2 aromatic carbocycles. The van der Waals surface area contributed by atoms with Crippen molar-refractivity contribution in [2.75, 3.05) is 7.05 Å². The Kier molecular flexibility index (Phi) is 5.73. The Morgan fingerprint density at radius 2 is 1.67 bits per heavy atom. The summed E-state index contributed by atoms with van der Waals surface area (Å²) in [6, 6.07) is 10.5. The van der Waals surface area contributed by atoms with Gasteiger partial charge in [0.2, 0.25) is 0 Å². The molecular weight excluding hydrogens is 369 g/mol. The van der Waals surface area contributed by atoms with Crippen LogP contribution in [0.5, 0.6) is 0 Å². The van der Waals surface area contributed by atoms with Gasteiger partial charge in [0.05, 0.1) is 10.0 Å². The van der Waals surface area contributed by atoms with E-state index in [9.17, 15) is 0 Å². The highest BCUT2D eigenvalue weighted by atomic mass is 79.9. The molecule has 0 saturated carbocycles. The van der Waals surface area contributed by atoms with Crippen molar-refractivity contribution in [3.8, 4) is 0 Å². The molecule has 1 atom stereocenters. The second kappa shape index (κ2) is 7.15. The van der Waals surface area contributed by atoms with Crippen molar-refractivity contribution < 1.29 is 0 Å². The van der Waals surface area contributed by atoms with Crippen LogP contribution >= 0.6 is 39.1 Å². The van der Waals surface area contributed by atoms with E-state index in [-0.39, 0.29) is 6.04 Å². The smallest absolute Gasteiger partial charge is 0.0595 e. The number of hydrogen-bond donors (Lipinski definition) is 1. The molecule has 0 aliphatic heterocycles. The zero-order valence-corrected chi connectivity index (χ0v) is 15.4. The van der Waals surface area contributed by atoms with Gasteiger partial charge >= 0.3 is 0 Å². The van der Waals surface area contributed by atoms with Crippen molar-refractivity contribution >= 4 is 39.1 Å². The first kappa shape index (κ1) is 16.8. The average Bonchev–Trinajstić information content (AvgIpc) is 2.45. The van der Waals surface area contributed by atoms with Gasteiger partial charge in [0.1, 0.15) is 0 Å². The summed E-state index contributed by atoms with van der Waals surface area (Å²) >= 11 is 15.7. The van der Waals surface area contributed by atoms with Crippen LogP contribution in [0.3, 0.4) is 0 Å². The second-order valence-corrected chi connectivity index (χ2v) is 6.87. The first-order chi connectivity index (χ1) is 9.92. The normalized spacial score (nSPS) is 12.5. The van der Waals surface area contributed by atoms with E-state index in [2.05, 4.69) is 47.2 Å². The highest BCUT2D eigenvalue weighted by Gasteiger charge is 2.13.